The smallest absolute Gasteiger partial charge is 0.306 e. The van der Waals surface area contributed by atoms with Crippen LogP contribution in [0.3, 0.4) is 0 Å². The molecule has 3 rings (SSSR count). The van der Waals surface area contributed by atoms with Crippen LogP contribution < -0.4 is 0 Å². The summed E-state index contributed by atoms with van der Waals surface area (Å²) in [6.45, 7) is 6.65. The van der Waals surface area contributed by atoms with Crippen LogP contribution in [0.15, 0.2) is 42.5 Å². The maximum absolute atomic E-state index is 12.8. The molecule has 36 heavy (non-hydrogen) atoms. The first-order valence-electron chi connectivity index (χ1n) is 13.6. The predicted octanol–water partition coefficient (Wildman–Crippen LogP) is 8.30. The number of ether oxygens (including phenoxy) is 3. The van der Waals surface area contributed by atoms with E-state index in [1.54, 1.807) is 7.11 Å². The van der Waals surface area contributed by atoms with Crippen LogP contribution >= 0.6 is 19.7 Å². The van der Waals surface area contributed by atoms with E-state index in [-0.39, 0.29) is 22.6 Å². The number of methoxy groups -OCH3 is 1. The first-order chi connectivity index (χ1) is 17.6. The Kier molecular flexibility index (Phi) is 14.9. The summed E-state index contributed by atoms with van der Waals surface area (Å²) in [5.41, 5.74) is 1.16. The van der Waals surface area contributed by atoms with Gasteiger partial charge >= 0.3 is 5.97 Å². The van der Waals surface area contributed by atoms with Gasteiger partial charge in [-0.05, 0) is 39.2 Å². The van der Waals surface area contributed by atoms with E-state index in [1.165, 1.54) is 23.7 Å². The molecule has 0 radical (unpaired) electrons. The molecule has 1 aromatic carbocycles. The number of esters is 1. The van der Waals surface area contributed by atoms with Gasteiger partial charge in [0, 0.05) is 38.3 Å². The lowest BCUT2D eigenvalue weighted by atomic mass is 9.99. The lowest BCUT2D eigenvalue weighted by Crippen LogP contribution is -2.52. The second-order valence-electron chi connectivity index (χ2n) is 9.03. The Hall–Kier alpha value is -1.20. The van der Waals surface area contributed by atoms with Crippen LogP contribution in [0.5, 0.6) is 0 Å². The van der Waals surface area contributed by atoms with Gasteiger partial charge in [0.1, 0.15) is 6.10 Å². The molecule has 0 bridgehead atoms. The third-order valence-electron chi connectivity index (χ3n) is 6.49. The van der Waals surface area contributed by atoms with Crippen molar-refractivity contribution in [2.45, 2.75) is 102 Å². The van der Waals surface area contributed by atoms with Crippen LogP contribution in [-0.2, 0) is 25.2 Å². The average Bonchev–Trinajstić information content (AvgIpc) is 3.27. The molecule has 2 aliphatic heterocycles. The Balaban J connectivity index is 0.00000222. The zero-order valence-electron chi connectivity index (χ0n) is 22.6. The van der Waals surface area contributed by atoms with Gasteiger partial charge in [0.05, 0.1) is 12.3 Å². The van der Waals surface area contributed by atoms with Gasteiger partial charge in [0.2, 0.25) is 4.86 Å². The van der Waals surface area contributed by atoms with Crippen LogP contribution in [-0.4, -0.2) is 47.8 Å². The molecule has 2 saturated heterocycles. The number of carbonyl (C=O) groups is 2. The lowest BCUT2D eigenvalue weighted by molar-refractivity contribution is -0.259. The van der Waals surface area contributed by atoms with Gasteiger partial charge in [-0.2, -0.15) is 0 Å². The molecule has 1 aromatic rings. The summed E-state index contributed by atoms with van der Waals surface area (Å²) in [4.78, 5) is 25.5. The van der Waals surface area contributed by atoms with Gasteiger partial charge in [-0.3, -0.25) is 9.59 Å². The van der Waals surface area contributed by atoms with E-state index in [0.717, 1.165) is 38.3 Å². The molecule has 0 aromatic heterocycles. The quantitative estimate of drug-likeness (QED) is 0.109. The Morgan fingerprint density at radius 1 is 1.17 bits per heavy atom. The predicted molar refractivity (Wildman–Crippen MR) is 152 cm³/mol. The highest BCUT2D eigenvalue weighted by Gasteiger charge is 2.53. The van der Waals surface area contributed by atoms with Crippen molar-refractivity contribution in [1.82, 2.24) is 0 Å². The summed E-state index contributed by atoms with van der Waals surface area (Å²) in [7, 11) is 0.701. The molecule has 4 atom stereocenters. The zero-order chi connectivity index (χ0) is 26.2. The van der Waals surface area contributed by atoms with E-state index in [2.05, 4.69) is 31.2 Å². The topological polar surface area (TPSA) is 61.8 Å². The van der Waals surface area contributed by atoms with Crippen LogP contribution in [0.2, 0.25) is 0 Å². The van der Waals surface area contributed by atoms with Gasteiger partial charge in [0.25, 0.3) is 0 Å². The van der Waals surface area contributed by atoms with E-state index >= 15 is 0 Å². The van der Waals surface area contributed by atoms with Crippen molar-refractivity contribution >= 4 is 30.5 Å². The van der Waals surface area contributed by atoms with E-state index < -0.39 is 13.7 Å². The molecule has 0 saturated carbocycles. The van der Waals surface area contributed by atoms with E-state index in [0.29, 0.717) is 31.6 Å². The highest BCUT2D eigenvalue weighted by molar-refractivity contribution is 8.27. The van der Waals surface area contributed by atoms with Gasteiger partial charge in [-0.15, -0.1) is 0 Å². The molecule has 0 N–H and O–H groups in total. The van der Waals surface area contributed by atoms with Crippen LogP contribution in [0.4, 0.5) is 4.79 Å². The number of carbonyl (C=O) groups excluding carboxylic acids is 2. The molecule has 2 aliphatic rings. The molecular formula is C29H45O5PS. The van der Waals surface area contributed by atoms with E-state index in [9.17, 15) is 9.59 Å². The summed E-state index contributed by atoms with van der Waals surface area (Å²) in [5, 5.41) is 0. The standard InChI is InChI=1S/C27H39O5PS.C2H6/c1-3-4-5-6-7-8-9-13-16-25(28)32-23-17-18-31-27(19-23,30-2)24-21-34-26(29)33(24)20-22-14-11-10-12-15-22;1-2/h5-6,10-12,14-15,23-24H,3-4,7-9,13,16-21H2,1-2H3;1-2H3/b6-5-;/t23-,24?,27?,33?;/m1./s1. The molecule has 3 unspecified atom stereocenters. The first kappa shape index (κ1) is 31.0. The van der Waals surface area contributed by atoms with Crippen molar-refractivity contribution in [3.8, 4) is 0 Å². The number of hydrogen-bond donors (Lipinski definition) is 0. The van der Waals surface area contributed by atoms with Crippen molar-refractivity contribution < 1.29 is 23.8 Å². The molecule has 202 valence electrons. The Morgan fingerprint density at radius 2 is 1.92 bits per heavy atom. The van der Waals surface area contributed by atoms with Crippen LogP contribution in [0, 0.1) is 0 Å². The molecule has 7 heteroatoms. The molecule has 5 nitrogen and oxygen atoms in total. The Labute approximate surface area is 223 Å². The molecule has 2 heterocycles. The van der Waals surface area contributed by atoms with Crippen molar-refractivity contribution in [3.63, 3.8) is 0 Å². The zero-order valence-corrected chi connectivity index (χ0v) is 24.3. The van der Waals surface area contributed by atoms with Crippen LogP contribution in [0.25, 0.3) is 0 Å². The SMILES string of the molecule is CC.CCC/C=C\CCCCCC(=O)O[C@@H]1CCOC(OC)(C2CSC(=O)P2Cc2ccccc2)C1. The van der Waals surface area contributed by atoms with Crippen molar-refractivity contribution in [2.24, 2.45) is 0 Å². The summed E-state index contributed by atoms with van der Waals surface area (Å²) in [5.74, 6) is -0.312. The van der Waals surface area contributed by atoms with Crippen LogP contribution in [0.1, 0.15) is 84.1 Å². The number of thioether (sulfide) groups is 1. The number of benzene rings is 1. The molecular weight excluding hydrogens is 491 g/mol. The van der Waals surface area contributed by atoms with Crippen molar-refractivity contribution in [3.05, 3.63) is 48.0 Å². The highest BCUT2D eigenvalue weighted by atomic mass is 32.2. The van der Waals surface area contributed by atoms with E-state index in [1.807, 2.05) is 32.0 Å². The fourth-order valence-electron chi connectivity index (χ4n) is 4.58. The summed E-state index contributed by atoms with van der Waals surface area (Å²) >= 11 is 1.39. The summed E-state index contributed by atoms with van der Waals surface area (Å²) in [6, 6.07) is 10.2. The second kappa shape index (κ2) is 17.3. The fourth-order valence-corrected chi connectivity index (χ4v) is 9.51. The van der Waals surface area contributed by atoms with Crippen molar-refractivity contribution in [2.75, 3.05) is 19.5 Å². The first-order valence-corrected chi connectivity index (χ1v) is 16.2. The maximum atomic E-state index is 12.8. The number of rotatable bonds is 13. The summed E-state index contributed by atoms with van der Waals surface area (Å²) < 4.78 is 18.0. The third-order valence-corrected chi connectivity index (χ3v) is 11.1. The largest absolute Gasteiger partial charge is 0.462 e. The molecule has 0 aliphatic carbocycles. The minimum Gasteiger partial charge on any atom is -0.462 e. The Bertz CT molecular complexity index is 802. The van der Waals surface area contributed by atoms with Gasteiger partial charge in [-0.1, -0.05) is 87.9 Å². The van der Waals surface area contributed by atoms with Gasteiger partial charge < -0.3 is 14.2 Å². The highest BCUT2D eigenvalue weighted by Crippen LogP contribution is 2.61. The average molecular weight is 537 g/mol. The normalized spacial score (nSPS) is 26.0. The molecule has 0 amide bonds. The Morgan fingerprint density at radius 3 is 2.64 bits per heavy atom. The van der Waals surface area contributed by atoms with Gasteiger partial charge in [0.15, 0.2) is 5.79 Å². The molecule has 0 spiro atoms. The number of unbranched alkanes of at least 4 members (excludes halogenated alkanes) is 4. The minimum absolute atomic E-state index is 0.00697. The molecule has 2 fully saturated rings. The minimum atomic E-state index is -0.954. The number of hydrogen-bond acceptors (Lipinski definition) is 6. The fraction of sp³-hybridized carbons (Fsp3) is 0.655. The summed E-state index contributed by atoms with van der Waals surface area (Å²) in [6.07, 6.45) is 13.0. The number of allylic oxidation sites excluding steroid dienone is 2. The van der Waals surface area contributed by atoms with Crippen molar-refractivity contribution in [1.29, 1.82) is 0 Å². The second-order valence-corrected chi connectivity index (χ2v) is 12.6. The van der Waals surface area contributed by atoms with E-state index in [4.69, 9.17) is 14.2 Å². The van der Waals surface area contributed by atoms with Gasteiger partial charge in [-0.25, -0.2) is 0 Å². The third kappa shape index (κ3) is 9.59. The lowest BCUT2D eigenvalue weighted by Gasteiger charge is -2.44. The monoisotopic (exact) mass is 536 g/mol. The maximum Gasteiger partial charge on any atom is 0.306 e.